The molecule has 16 heavy (non-hydrogen) atoms. The Kier molecular flexibility index (Phi) is 3.19. The van der Waals surface area contributed by atoms with E-state index >= 15 is 0 Å². The predicted molar refractivity (Wildman–Crippen MR) is 53.2 cm³/mol. The van der Waals surface area contributed by atoms with Crippen molar-refractivity contribution in [2.24, 2.45) is 5.92 Å². The summed E-state index contributed by atoms with van der Waals surface area (Å²) in [5.41, 5.74) is 0.114. The molecule has 0 saturated heterocycles. The van der Waals surface area contributed by atoms with Crippen LogP contribution >= 0.6 is 0 Å². The Balaban J connectivity index is 2.12. The van der Waals surface area contributed by atoms with Gasteiger partial charge in [0.2, 0.25) is 0 Å². The standard InChI is InChI=1S/C12H13F3O/c13-9-5-8(6-10(14)12(9)15)11(16)4-7-2-1-3-7/h5-7,11,16H,1-4H2. The van der Waals surface area contributed by atoms with Gasteiger partial charge in [0.05, 0.1) is 6.10 Å². The van der Waals surface area contributed by atoms with Crippen molar-refractivity contribution in [2.45, 2.75) is 31.8 Å². The van der Waals surface area contributed by atoms with Crippen LogP contribution in [0.2, 0.25) is 0 Å². The first-order chi connectivity index (χ1) is 7.58. The lowest BCUT2D eigenvalue weighted by Gasteiger charge is -2.27. The highest BCUT2D eigenvalue weighted by Crippen LogP contribution is 2.35. The first-order valence-electron chi connectivity index (χ1n) is 5.40. The Bertz CT molecular complexity index is 365. The number of aliphatic hydroxyl groups is 1. The average molecular weight is 230 g/mol. The van der Waals surface area contributed by atoms with Crippen molar-refractivity contribution in [1.82, 2.24) is 0 Å². The zero-order chi connectivity index (χ0) is 11.7. The Hall–Kier alpha value is -1.03. The first kappa shape index (κ1) is 11.5. The third kappa shape index (κ3) is 2.21. The minimum Gasteiger partial charge on any atom is -0.388 e. The van der Waals surface area contributed by atoms with Crippen LogP contribution in [0.15, 0.2) is 12.1 Å². The number of benzene rings is 1. The molecule has 1 N–H and O–H groups in total. The Morgan fingerprint density at radius 3 is 2.19 bits per heavy atom. The van der Waals surface area contributed by atoms with E-state index in [2.05, 4.69) is 0 Å². The molecule has 1 saturated carbocycles. The fraction of sp³-hybridized carbons (Fsp3) is 0.500. The molecule has 0 aliphatic heterocycles. The first-order valence-corrected chi connectivity index (χ1v) is 5.40. The molecular formula is C12H13F3O. The normalized spacial score (nSPS) is 18.2. The van der Waals surface area contributed by atoms with E-state index in [1.807, 2.05) is 0 Å². The zero-order valence-electron chi connectivity index (χ0n) is 8.72. The van der Waals surface area contributed by atoms with Gasteiger partial charge in [0.1, 0.15) is 0 Å². The Labute approximate surface area is 91.9 Å². The number of rotatable bonds is 3. The van der Waals surface area contributed by atoms with E-state index < -0.39 is 23.6 Å². The summed E-state index contributed by atoms with van der Waals surface area (Å²) in [5, 5.41) is 9.74. The molecule has 1 aliphatic carbocycles. The Morgan fingerprint density at radius 1 is 1.19 bits per heavy atom. The molecule has 1 unspecified atom stereocenters. The molecule has 1 fully saturated rings. The van der Waals surface area contributed by atoms with Gasteiger partial charge in [-0.05, 0) is 30.0 Å². The summed E-state index contributed by atoms with van der Waals surface area (Å²) >= 11 is 0. The molecule has 1 nitrogen and oxygen atoms in total. The number of hydrogen-bond acceptors (Lipinski definition) is 1. The third-order valence-electron chi connectivity index (χ3n) is 3.17. The summed E-state index contributed by atoms with van der Waals surface area (Å²) in [6, 6.07) is 1.73. The number of aliphatic hydroxyl groups excluding tert-OH is 1. The Morgan fingerprint density at radius 2 is 1.75 bits per heavy atom. The summed E-state index contributed by atoms with van der Waals surface area (Å²) in [6.45, 7) is 0. The van der Waals surface area contributed by atoms with Crippen molar-refractivity contribution >= 4 is 0 Å². The van der Waals surface area contributed by atoms with Crippen LogP contribution in [0.4, 0.5) is 13.2 Å². The van der Waals surface area contributed by atoms with Gasteiger partial charge < -0.3 is 5.11 Å². The minimum absolute atomic E-state index is 0.114. The molecule has 4 heteroatoms. The van der Waals surface area contributed by atoms with Crippen LogP contribution in [0.5, 0.6) is 0 Å². The van der Waals surface area contributed by atoms with Crippen molar-refractivity contribution in [3.8, 4) is 0 Å². The van der Waals surface area contributed by atoms with E-state index in [1.165, 1.54) is 0 Å². The average Bonchev–Trinajstić information content (AvgIpc) is 2.19. The third-order valence-corrected chi connectivity index (χ3v) is 3.17. The summed E-state index contributed by atoms with van der Waals surface area (Å²) < 4.78 is 38.5. The van der Waals surface area contributed by atoms with Crippen LogP contribution in [-0.4, -0.2) is 5.11 Å². The van der Waals surface area contributed by atoms with Gasteiger partial charge in [-0.3, -0.25) is 0 Å². The van der Waals surface area contributed by atoms with Crippen LogP contribution in [0.1, 0.15) is 37.4 Å². The van der Waals surface area contributed by atoms with Gasteiger partial charge >= 0.3 is 0 Å². The van der Waals surface area contributed by atoms with Crippen molar-refractivity contribution in [3.63, 3.8) is 0 Å². The second-order valence-corrected chi connectivity index (χ2v) is 4.35. The van der Waals surface area contributed by atoms with E-state index in [-0.39, 0.29) is 5.56 Å². The fourth-order valence-corrected chi connectivity index (χ4v) is 1.95. The van der Waals surface area contributed by atoms with Gasteiger partial charge in [0.15, 0.2) is 17.5 Å². The van der Waals surface area contributed by atoms with Crippen molar-refractivity contribution in [3.05, 3.63) is 35.1 Å². The molecule has 0 amide bonds. The van der Waals surface area contributed by atoms with Crippen LogP contribution < -0.4 is 0 Å². The molecule has 1 aromatic carbocycles. The van der Waals surface area contributed by atoms with Gasteiger partial charge in [-0.15, -0.1) is 0 Å². The smallest absolute Gasteiger partial charge is 0.194 e. The molecule has 0 radical (unpaired) electrons. The lowest BCUT2D eigenvalue weighted by Crippen LogP contribution is -2.15. The topological polar surface area (TPSA) is 20.2 Å². The monoisotopic (exact) mass is 230 g/mol. The molecule has 1 atom stereocenters. The summed E-state index contributed by atoms with van der Waals surface area (Å²) in [5.74, 6) is -3.56. The molecule has 1 aromatic rings. The van der Waals surface area contributed by atoms with Gasteiger partial charge in [0.25, 0.3) is 0 Å². The molecule has 88 valence electrons. The van der Waals surface area contributed by atoms with E-state index in [1.54, 1.807) is 0 Å². The van der Waals surface area contributed by atoms with Gasteiger partial charge in [-0.2, -0.15) is 0 Å². The predicted octanol–water partition coefficient (Wildman–Crippen LogP) is 3.33. The fourth-order valence-electron chi connectivity index (χ4n) is 1.95. The maximum Gasteiger partial charge on any atom is 0.194 e. The molecule has 0 spiro atoms. The summed E-state index contributed by atoms with van der Waals surface area (Å²) in [4.78, 5) is 0. The maximum absolute atomic E-state index is 12.9. The second-order valence-electron chi connectivity index (χ2n) is 4.35. The van der Waals surface area contributed by atoms with E-state index in [0.717, 1.165) is 31.4 Å². The summed E-state index contributed by atoms with van der Waals surface area (Å²) in [6.07, 6.45) is 2.82. The van der Waals surface area contributed by atoms with Gasteiger partial charge in [-0.1, -0.05) is 19.3 Å². The SMILES string of the molecule is OC(CC1CCC1)c1cc(F)c(F)c(F)c1. The van der Waals surface area contributed by atoms with Crippen LogP contribution in [0, 0.1) is 23.4 Å². The lowest BCUT2D eigenvalue weighted by molar-refractivity contribution is 0.117. The molecule has 0 bridgehead atoms. The molecule has 0 aromatic heterocycles. The van der Waals surface area contributed by atoms with Crippen molar-refractivity contribution in [2.75, 3.05) is 0 Å². The molecular weight excluding hydrogens is 217 g/mol. The van der Waals surface area contributed by atoms with E-state index in [4.69, 9.17) is 0 Å². The molecule has 0 heterocycles. The highest BCUT2D eigenvalue weighted by Gasteiger charge is 2.23. The lowest BCUT2D eigenvalue weighted by atomic mass is 9.80. The summed E-state index contributed by atoms with van der Waals surface area (Å²) in [7, 11) is 0. The highest BCUT2D eigenvalue weighted by atomic mass is 19.2. The number of hydrogen-bond donors (Lipinski definition) is 1. The quantitative estimate of drug-likeness (QED) is 0.790. The largest absolute Gasteiger partial charge is 0.388 e. The minimum atomic E-state index is -1.49. The highest BCUT2D eigenvalue weighted by molar-refractivity contribution is 5.21. The van der Waals surface area contributed by atoms with Crippen LogP contribution in [0.3, 0.4) is 0 Å². The molecule has 1 aliphatic rings. The van der Waals surface area contributed by atoms with E-state index in [0.29, 0.717) is 12.3 Å². The maximum atomic E-state index is 12.9. The van der Waals surface area contributed by atoms with Gasteiger partial charge in [0, 0.05) is 0 Å². The molecule has 2 rings (SSSR count). The van der Waals surface area contributed by atoms with Crippen LogP contribution in [0.25, 0.3) is 0 Å². The van der Waals surface area contributed by atoms with Crippen molar-refractivity contribution < 1.29 is 18.3 Å². The van der Waals surface area contributed by atoms with Crippen molar-refractivity contribution in [1.29, 1.82) is 0 Å². The zero-order valence-corrected chi connectivity index (χ0v) is 8.72. The number of halogens is 3. The van der Waals surface area contributed by atoms with Crippen LogP contribution in [-0.2, 0) is 0 Å². The van der Waals surface area contributed by atoms with E-state index in [9.17, 15) is 18.3 Å². The van der Waals surface area contributed by atoms with Gasteiger partial charge in [-0.25, -0.2) is 13.2 Å². The second kappa shape index (κ2) is 4.45.